The van der Waals surface area contributed by atoms with Gasteiger partial charge >= 0.3 is 0 Å². The second-order valence-electron chi connectivity index (χ2n) is 7.55. The highest BCUT2D eigenvalue weighted by Crippen LogP contribution is 2.21. The molecular formula is C19H28F2N3O3S+. The minimum atomic E-state index is -4.09. The monoisotopic (exact) mass is 416 g/mol. The first-order chi connectivity index (χ1) is 13.3. The van der Waals surface area contributed by atoms with E-state index < -0.39 is 26.6 Å². The fourth-order valence-electron chi connectivity index (χ4n) is 4.10. The average Bonchev–Trinajstić information content (AvgIpc) is 2.70. The van der Waals surface area contributed by atoms with Gasteiger partial charge in [-0.05, 0) is 43.9 Å². The summed E-state index contributed by atoms with van der Waals surface area (Å²) in [6.45, 7) is 4.52. The zero-order chi connectivity index (χ0) is 20.3. The fourth-order valence-corrected chi connectivity index (χ4v) is 5.62. The molecule has 1 N–H and O–H groups in total. The van der Waals surface area contributed by atoms with Gasteiger partial charge in [-0.25, -0.2) is 17.2 Å². The predicted octanol–water partition coefficient (Wildman–Crippen LogP) is 0.645. The second kappa shape index (κ2) is 8.84. The molecule has 1 aromatic rings. The van der Waals surface area contributed by atoms with Gasteiger partial charge in [0.2, 0.25) is 10.0 Å². The number of hydrogen-bond acceptors (Lipinski definition) is 3. The van der Waals surface area contributed by atoms with Gasteiger partial charge in [-0.3, -0.25) is 4.79 Å². The molecule has 2 aliphatic heterocycles. The largest absolute Gasteiger partial charge is 0.335 e. The molecule has 1 aromatic carbocycles. The molecule has 9 heteroatoms. The van der Waals surface area contributed by atoms with Crippen LogP contribution in [-0.4, -0.2) is 68.8 Å². The lowest BCUT2D eigenvalue weighted by Crippen LogP contribution is -3.15. The van der Waals surface area contributed by atoms with E-state index in [-0.39, 0.29) is 19.0 Å². The summed E-state index contributed by atoms with van der Waals surface area (Å²) >= 11 is 0. The van der Waals surface area contributed by atoms with Crippen molar-refractivity contribution >= 4 is 15.9 Å². The number of quaternary nitrogens is 1. The summed E-state index contributed by atoms with van der Waals surface area (Å²) in [5, 5.41) is 0. The van der Waals surface area contributed by atoms with Crippen molar-refractivity contribution in [3.63, 3.8) is 0 Å². The highest BCUT2D eigenvalue weighted by Gasteiger charge is 2.34. The minimum absolute atomic E-state index is 0.119. The molecule has 0 bridgehead atoms. The van der Waals surface area contributed by atoms with E-state index in [1.807, 2.05) is 4.90 Å². The predicted molar refractivity (Wildman–Crippen MR) is 100 cm³/mol. The Hall–Kier alpha value is -1.58. The fraction of sp³-hybridized carbons (Fsp3) is 0.632. The molecule has 6 nitrogen and oxygen atoms in total. The van der Waals surface area contributed by atoms with E-state index in [2.05, 4.69) is 6.92 Å². The molecule has 0 saturated carbocycles. The summed E-state index contributed by atoms with van der Waals surface area (Å²) in [5.74, 6) is -1.63. The van der Waals surface area contributed by atoms with Gasteiger partial charge in [0, 0.05) is 12.6 Å². The van der Waals surface area contributed by atoms with Gasteiger partial charge in [0.05, 0.1) is 26.2 Å². The Morgan fingerprint density at radius 2 is 1.89 bits per heavy atom. The smallest absolute Gasteiger partial charge is 0.278 e. The lowest BCUT2D eigenvalue weighted by molar-refractivity contribution is -0.896. The normalized spacial score (nSPS) is 22.4. The molecular weight excluding hydrogens is 388 g/mol. The number of carbonyl (C=O) groups is 1. The number of carbonyl (C=O) groups excluding carboxylic acids is 1. The number of piperidine rings is 1. The standard InChI is InChI=1S/C19H27F2N3O3S/c1-2-16-5-3-4-8-24(16)19(25)14-22-9-11-23(12-10-22)28(26,27)18-13-15(20)6-7-17(18)21/h6-7,13,16H,2-5,8-12,14H2,1H3/p+1/t16-/m1/s1. The number of sulfonamides is 1. The van der Waals surface area contributed by atoms with Crippen molar-refractivity contribution in [1.82, 2.24) is 9.21 Å². The summed E-state index contributed by atoms with van der Waals surface area (Å²) in [6, 6.07) is 2.74. The Labute approximate surface area is 165 Å². The number of nitrogens with zero attached hydrogens (tertiary/aromatic N) is 2. The van der Waals surface area contributed by atoms with Crippen LogP contribution in [0, 0.1) is 11.6 Å². The first-order valence-electron chi connectivity index (χ1n) is 9.91. The lowest BCUT2D eigenvalue weighted by atomic mass is 10.00. The van der Waals surface area contributed by atoms with Crippen molar-refractivity contribution in [2.75, 3.05) is 39.3 Å². The van der Waals surface area contributed by atoms with Gasteiger partial charge < -0.3 is 9.80 Å². The molecule has 156 valence electrons. The molecule has 2 fully saturated rings. The van der Waals surface area contributed by atoms with Gasteiger partial charge in [0.25, 0.3) is 5.91 Å². The number of hydrogen-bond donors (Lipinski definition) is 1. The highest BCUT2D eigenvalue weighted by molar-refractivity contribution is 7.89. The van der Waals surface area contributed by atoms with E-state index in [0.717, 1.165) is 49.3 Å². The topological polar surface area (TPSA) is 62.1 Å². The number of amides is 1. The van der Waals surface area contributed by atoms with Gasteiger partial charge in [-0.15, -0.1) is 0 Å². The van der Waals surface area contributed by atoms with Crippen molar-refractivity contribution in [1.29, 1.82) is 0 Å². The van der Waals surface area contributed by atoms with E-state index >= 15 is 0 Å². The first kappa shape index (κ1) is 21.1. The van der Waals surface area contributed by atoms with E-state index in [1.54, 1.807) is 0 Å². The Balaban J connectivity index is 1.59. The number of rotatable bonds is 5. The van der Waals surface area contributed by atoms with E-state index in [4.69, 9.17) is 0 Å². The van der Waals surface area contributed by atoms with Crippen LogP contribution in [0.3, 0.4) is 0 Å². The maximum Gasteiger partial charge on any atom is 0.278 e. The van der Waals surface area contributed by atoms with Crippen LogP contribution >= 0.6 is 0 Å². The van der Waals surface area contributed by atoms with Crippen LogP contribution in [0.4, 0.5) is 8.78 Å². The van der Waals surface area contributed by atoms with Crippen molar-refractivity contribution in [3.8, 4) is 0 Å². The van der Waals surface area contributed by atoms with Crippen molar-refractivity contribution in [2.45, 2.75) is 43.5 Å². The molecule has 0 aliphatic carbocycles. The molecule has 2 aliphatic rings. The number of piperazine rings is 1. The molecule has 2 heterocycles. The second-order valence-corrected chi connectivity index (χ2v) is 9.46. The van der Waals surface area contributed by atoms with Crippen LogP contribution in [0.5, 0.6) is 0 Å². The maximum absolute atomic E-state index is 13.9. The zero-order valence-electron chi connectivity index (χ0n) is 16.2. The molecule has 3 rings (SSSR count). The highest BCUT2D eigenvalue weighted by atomic mass is 32.2. The third kappa shape index (κ3) is 4.52. The van der Waals surface area contributed by atoms with Crippen molar-refractivity contribution < 1.29 is 26.9 Å². The van der Waals surface area contributed by atoms with Crippen molar-refractivity contribution in [2.24, 2.45) is 0 Å². The molecule has 0 aromatic heterocycles. The third-order valence-corrected chi connectivity index (χ3v) is 7.67. The molecule has 1 amide bonds. The van der Waals surface area contributed by atoms with Crippen LogP contribution < -0.4 is 4.90 Å². The van der Waals surface area contributed by atoms with Gasteiger partial charge in [-0.2, -0.15) is 4.31 Å². The Bertz CT molecular complexity index is 811. The Morgan fingerprint density at radius 3 is 2.57 bits per heavy atom. The van der Waals surface area contributed by atoms with E-state index in [9.17, 15) is 22.0 Å². The van der Waals surface area contributed by atoms with E-state index in [1.165, 1.54) is 4.31 Å². The first-order valence-corrected chi connectivity index (χ1v) is 11.3. The Kier molecular flexibility index (Phi) is 6.67. The van der Waals surface area contributed by atoms with Crippen LogP contribution in [0.15, 0.2) is 23.1 Å². The summed E-state index contributed by atoms with van der Waals surface area (Å²) in [7, 11) is -4.09. The average molecular weight is 417 g/mol. The zero-order valence-corrected chi connectivity index (χ0v) is 17.0. The van der Waals surface area contributed by atoms with Gasteiger partial charge in [0.15, 0.2) is 6.54 Å². The van der Waals surface area contributed by atoms with Crippen molar-refractivity contribution in [3.05, 3.63) is 29.8 Å². The molecule has 0 unspecified atom stereocenters. The lowest BCUT2D eigenvalue weighted by Gasteiger charge is -2.37. The van der Waals surface area contributed by atoms with Crippen LogP contribution in [0.1, 0.15) is 32.6 Å². The van der Waals surface area contributed by atoms with Gasteiger partial charge in [-0.1, -0.05) is 6.92 Å². The molecule has 2 saturated heterocycles. The summed E-state index contributed by atoms with van der Waals surface area (Å²) in [6.07, 6.45) is 4.18. The number of halogens is 2. The maximum atomic E-state index is 13.9. The Morgan fingerprint density at radius 1 is 1.18 bits per heavy atom. The molecule has 0 spiro atoms. The van der Waals surface area contributed by atoms with Crippen LogP contribution in [0.2, 0.25) is 0 Å². The van der Waals surface area contributed by atoms with Crippen LogP contribution in [0.25, 0.3) is 0 Å². The quantitative estimate of drug-likeness (QED) is 0.767. The number of benzene rings is 1. The van der Waals surface area contributed by atoms with Crippen LogP contribution in [-0.2, 0) is 14.8 Å². The molecule has 28 heavy (non-hydrogen) atoms. The minimum Gasteiger partial charge on any atom is -0.335 e. The summed E-state index contributed by atoms with van der Waals surface area (Å²) < 4.78 is 53.8. The summed E-state index contributed by atoms with van der Waals surface area (Å²) in [5.41, 5.74) is 0. The summed E-state index contributed by atoms with van der Waals surface area (Å²) in [4.78, 5) is 15.1. The van der Waals surface area contributed by atoms with Gasteiger partial charge in [0.1, 0.15) is 16.5 Å². The number of likely N-dealkylation sites (tertiary alicyclic amines) is 1. The number of nitrogens with one attached hydrogen (secondary N) is 1. The third-order valence-electron chi connectivity index (χ3n) is 5.76. The molecule has 0 radical (unpaired) electrons. The molecule has 1 atom stereocenters. The SMILES string of the molecule is CC[C@@H]1CCCCN1C(=O)C[NH+]1CCN(S(=O)(=O)c2cc(F)ccc2F)CC1. The van der Waals surface area contributed by atoms with E-state index in [0.29, 0.717) is 31.7 Å².